The predicted molar refractivity (Wildman–Crippen MR) is 65.3 cm³/mol. The molecule has 2 aliphatic rings. The lowest BCUT2D eigenvalue weighted by Gasteiger charge is -2.41. The Hall–Kier alpha value is -0.960. The molecule has 0 unspecified atom stereocenters. The highest BCUT2D eigenvalue weighted by atomic mass is 16.3. The maximum atomic E-state index is 10.7. The summed E-state index contributed by atoms with van der Waals surface area (Å²) in [6.45, 7) is 0. The SMILES string of the molecule is OC1(c2cnccn2)CCC2(CCCC2)CC1. The molecule has 2 fully saturated rings. The maximum absolute atomic E-state index is 10.7. The van der Waals surface area contributed by atoms with Gasteiger partial charge >= 0.3 is 0 Å². The minimum absolute atomic E-state index is 0.550. The van der Waals surface area contributed by atoms with Gasteiger partial charge in [0.1, 0.15) is 5.60 Å². The summed E-state index contributed by atoms with van der Waals surface area (Å²) in [6.07, 6.45) is 14.5. The molecule has 3 heteroatoms. The number of hydrogen-bond acceptors (Lipinski definition) is 3. The molecule has 0 saturated heterocycles. The Morgan fingerprint density at radius 2 is 1.65 bits per heavy atom. The second kappa shape index (κ2) is 4.05. The van der Waals surface area contributed by atoms with Crippen LogP contribution in [-0.4, -0.2) is 15.1 Å². The van der Waals surface area contributed by atoms with Crippen LogP contribution in [0.2, 0.25) is 0 Å². The number of hydrogen-bond donors (Lipinski definition) is 1. The average Bonchev–Trinajstić information content (AvgIpc) is 2.84. The molecule has 17 heavy (non-hydrogen) atoms. The van der Waals surface area contributed by atoms with Crippen LogP contribution in [0.3, 0.4) is 0 Å². The molecule has 1 aromatic rings. The summed E-state index contributed by atoms with van der Waals surface area (Å²) in [5.74, 6) is 0. The van der Waals surface area contributed by atoms with Gasteiger partial charge in [-0.05, 0) is 43.9 Å². The lowest BCUT2D eigenvalue weighted by atomic mass is 9.67. The zero-order chi connectivity index (χ0) is 11.8. The minimum Gasteiger partial charge on any atom is -0.383 e. The first-order chi connectivity index (χ1) is 8.23. The van der Waals surface area contributed by atoms with Crippen molar-refractivity contribution in [3.8, 4) is 0 Å². The van der Waals surface area contributed by atoms with Gasteiger partial charge in [0.15, 0.2) is 0 Å². The van der Waals surface area contributed by atoms with E-state index < -0.39 is 5.60 Å². The van der Waals surface area contributed by atoms with Crippen LogP contribution in [0.4, 0.5) is 0 Å². The van der Waals surface area contributed by atoms with Crippen LogP contribution in [0.25, 0.3) is 0 Å². The molecule has 1 N–H and O–H groups in total. The molecule has 1 aromatic heterocycles. The first-order valence-electron chi connectivity index (χ1n) is 6.72. The number of nitrogens with zero attached hydrogens (tertiary/aromatic N) is 2. The van der Waals surface area contributed by atoms with Crippen molar-refractivity contribution in [2.24, 2.45) is 5.41 Å². The number of aliphatic hydroxyl groups is 1. The summed E-state index contributed by atoms with van der Waals surface area (Å²) in [5.41, 5.74) is 0.587. The van der Waals surface area contributed by atoms with Gasteiger partial charge in [-0.25, -0.2) is 0 Å². The fourth-order valence-electron chi connectivity index (χ4n) is 3.61. The second-order valence-corrected chi connectivity index (χ2v) is 5.83. The van der Waals surface area contributed by atoms with Crippen LogP contribution in [0.1, 0.15) is 57.1 Å². The van der Waals surface area contributed by atoms with Crippen molar-refractivity contribution >= 4 is 0 Å². The first-order valence-corrected chi connectivity index (χ1v) is 6.72. The molecular formula is C14H20N2O. The van der Waals surface area contributed by atoms with Crippen LogP contribution >= 0.6 is 0 Å². The van der Waals surface area contributed by atoms with Gasteiger partial charge in [0.2, 0.25) is 0 Å². The van der Waals surface area contributed by atoms with Crippen molar-refractivity contribution < 1.29 is 5.11 Å². The predicted octanol–water partition coefficient (Wildman–Crippen LogP) is 2.80. The summed E-state index contributed by atoms with van der Waals surface area (Å²) in [7, 11) is 0. The zero-order valence-corrected chi connectivity index (χ0v) is 10.2. The Morgan fingerprint density at radius 1 is 0.941 bits per heavy atom. The minimum atomic E-state index is -0.720. The topological polar surface area (TPSA) is 46.0 Å². The van der Waals surface area contributed by atoms with Crippen LogP contribution in [0.15, 0.2) is 18.6 Å². The third-order valence-electron chi connectivity index (χ3n) is 4.84. The molecule has 1 heterocycles. The number of aromatic nitrogens is 2. The Morgan fingerprint density at radius 3 is 2.24 bits per heavy atom. The molecule has 92 valence electrons. The average molecular weight is 232 g/mol. The molecular weight excluding hydrogens is 212 g/mol. The van der Waals surface area contributed by atoms with Gasteiger partial charge in [-0.15, -0.1) is 0 Å². The first kappa shape index (κ1) is 11.1. The van der Waals surface area contributed by atoms with Crippen molar-refractivity contribution in [1.82, 2.24) is 9.97 Å². The van der Waals surface area contributed by atoms with Crippen LogP contribution in [-0.2, 0) is 5.60 Å². The highest BCUT2D eigenvalue weighted by molar-refractivity contribution is 5.11. The van der Waals surface area contributed by atoms with Crippen LogP contribution in [0, 0.1) is 5.41 Å². The Balaban J connectivity index is 1.75. The quantitative estimate of drug-likeness (QED) is 0.809. The molecule has 2 aliphatic carbocycles. The molecule has 0 radical (unpaired) electrons. The second-order valence-electron chi connectivity index (χ2n) is 5.83. The Bertz CT molecular complexity index is 374. The molecule has 0 amide bonds. The highest BCUT2D eigenvalue weighted by Gasteiger charge is 2.44. The third-order valence-corrected chi connectivity index (χ3v) is 4.84. The van der Waals surface area contributed by atoms with Gasteiger partial charge in [0.05, 0.1) is 11.9 Å². The normalized spacial score (nSPS) is 26.2. The van der Waals surface area contributed by atoms with E-state index >= 15 is 0 Å². The molecule has 0 aliphatic heterocycles. The molecule has 0 aromatic carbocycles. The fourth-order valence-corrected chi connectivity index (χ4v) is 3.61. The van der Waals surface area contributed by atoms with Gasteiger partial charge in [0, 0.05) is 12.4 Å². The fraction of sp³-hybridized carbons (Fsp3) is 0.714. The standard InChI is InChI=1S/C14H20N2O/c17-14(12-11-15-9-10-16-12)7-5-13(6-8-14)3-1-2-4-13/h9-11,17H,1-8H2. The van der Waals surface area contributed by atoms with Gasteiger partial charge < -0.3 is 5.11 Å². The van der Waals surface area contributed by atoms with E-state index in [1.807, 2.05) is 0 Å². The summed E-state index contributed by atoms with van der Waals surface area (Å²) in [6, 6.07) is 0. The lowest BCUT2D eigenvalue weighted by Crippen LogP contribution is -2.36. The molecule has 3 rings (SSSR count). The van der Waals surface area contributed by atoms with Gasteiger partial charge in [-0.1, -0.05) is 12.8 Å². The van der Waals surface area contributed by atoms with E-state index in [-0.39, 0.29) is 0 Å². The van der Waals surface area contributed by atoms with E-state index in [9.17, 15) is 5.11 Å². The summed E-state index contributed by atoms with van der Waals surface area (Å²) in [4.78, 5) is 8.35. The molecule has 1 spiro atoms. The summed E-state index contributed by atoms with van der Waals surface area (Å²) >= 11 is 0. The van der Waals surface area contributed by atoms with E-state index in [1.54, 1.807) is 18.6 Å². The Labute approximate surface area is 102 Å². The van der Waals surface area contributed by atoms with Crippen LogP contribution in [0.5, 0.6) is 0 Å². The molecule has 0 atom stereocenters. The van der Waals surface area contributed by atoms with Gasteiger partial charge in [-0.2, -0.15) is 0 Å². The molecule has 2 saturated carbocycles. The summed E-state index contributed by atoms with van der Waals surface area (Å²) in [5, 5.41) is 10.7. The largest absolute Gasteiger partial charge is 0.383 e. The van der Waals surface area contributed by atoms with Crippen molar-refractivity contribution in [3.05, 3.63) is 24.3 Å². The van der Waals surface area contributed by atoms with E-state index in [0.717, 1.165) is 31.4 Å². The third kappa shape index (κ3) is 1.97. The van der Waals surface area contributed by atoms with Crippen molar-refractivity contribution in [1.29, 1.82) is 0 Å². The Kier molecular flexibility index (Phi) is 2.66. The van der Waals surface area contributed by atoms with Crippen molar-refractivity contribution in [3.63, 3.8) is 0 Å². The monoisotopic (exact) mass is 232 g/mol. The summed E-state index contributed by atoms with van der Waals surface area (Å²) < 4.78 is 0. The van der Waals surface area contributed by atoms with E-state index in [1.165, 1.54) is 25.7 Å². The smallest absolute Gasteiger partial charge is 0.108 e. The highest BCUT2D eigenvalue weighted by Crippen LogP contribution is 2.53. The van der Waals surface area contributed by atoms with E-state index in [2.05, 4.69) is 9.97 Å². The van der Waals surface area contributed by atoms with Crippen LogP contribution < -0.4 is 0 Å². The molecule has 3 nitrogen and oxygen atoms in total. The zero-order valence-electron chi connectivity index (χ0n) is 10.2. The van der Waals surface area contributed by atoms with E-state index in [0.29, 0.717) is 5.41 Å². The maximum Gasteiger partial charge on any atom is 0.108 e. The number of rotatable bonds is 1. The van der Waals surface area contributed by atoms with Gasteiger partial charge in [0.25, 0.3) is 0 Å². The van der Waals surface area contributed by atoms with Crippen molar-refractivity contribution in [2.45, 2.75) is 57.0 Å². The van der Waals surface area contributed by atoms with Gasteiger partial charge in [-0.3, -0.25) is 9.97 Å². The lowest BCUT2D eigenvalue weighted by molar-refractivity contribution is -0.0411. The molecule has 0 bridgehead atoms. The van der Waals surface area contributed by atoms with E-state index in [4.69, 9.17) is 0 Å². The van der Waals surface area contributed by atoms with Crippen molar-refractivity contribution in [2.75, 3.05) is 0 Å².